The minimum absolute atomic E-state index is 0.112. The maximum absolute atomic E-state index is 10.9. The van der Waals surface area contributed by atoms with Gasteiger partial charge in [-0.25, -0.2) is 4.79 Å². The van der Waals surface area contributed by atoms with E-state index in [-0.39, 0.29) is 11.3 Å². The number of anilines is 1. The molecular weight excluding hydrogens is 226 g/mol. The zero-order valence-corrected chi connectivity index (χ0v) is 9.92. The van der Waals surface area contributed by atoms with Crippen molar-refractivity contribution in [3.05, 3.63) is 23.8 Å². The molecule has 1 rings (SSSR count). The summed E-state index contributed by atoms with van der Waals surface area (Å²) >= 11 is 1.73. The Hall–Kier alpha value is -1.36. The van der Waals surface area contributed by atoms with Gasteiger partial charge in [0, 0.05) is 5.75 Å². The van der Waals surface area contributed by atoms with Gasteiger partial charge in [0.2, 0.25) is 0 Å². The summed E-state index contributed by atoms with van der Waals surface area (Å²) in [4.78, 5) is 10.9. The Bertz CT molecular complexity index is 368. The zero-order chi connectivity index (χ0) is 12.0. The summed E-state index contributed by atoms with van der Waals surface area (Å²) in [6, 6.07) is 4.72. The summed E-state index contributed by atoms with van der Waals surface area (Å²) in [5, 5.41) is 8.95. The number of rotatable bonds is 6. The van der Waals surface area contributed by atoms with Crippen LogP contribution in [0, 0.1) is 0 Å². The number of nitrogens with two attached hydrogens (primary N) is 1. The molecule has 16 heavy (non-hydrogen) atoms. The summed E-state index contributed by atoms with van der Waals surface area (Å²) in [5.74, 6) is 1.08. The number of para-hydroxylation sites is 1. The lowest BCUT2D eigenvalue weighted by molar-refractivity contribution is 0.0692. The van der Waals surface area contributed by atoms with Crippen molar-refractivity contribution < 1.29 is 14.6 Å². The highest BCUT2D eigenvalue weighted by Crippen LogP contribution is 2.26. The number of carbonyl (C=O) groups is 1. The van der Waals surface area contributed by atoms with Gasteiger partial charge in [-0.15, -0.1) is 0 Å². The molecule has 0 spiro atoms. The molecule has 0 radical (unpaired) electrons. The van der Waals surface area contributed by atoms with Crippen LogP contribution in [0.15, 0.2) is 18.2 Å². The van der Waals surface area contributed by atoms with Crippen molar-refractivity contribution in [3.63, 3.8) is 0 Å². The number of thioether (sulfide) groups is 1. The Morgan fingerprint density at radius 3 is 2.94 bits per heavy atom. The molecule has 0 heterocycles. The van der Waals surface area contributed by atoms with Crippen LogP contribution < -0.4 is 10.5 Å². The Balaban J connectivity index is 2.73. The molecule has 0 aliphatic carbocycles. The van der Waals surface area contributed by atoms with Crippen molar-refractivity contribution in [2.45, 2.75) is 6.92 Å². The first-order valence-electron chi connectivity index (χ1n) is 4.99. The van der Waals surface area contributed by atoms with E-state index in [0.717, 1.165) is 11.5 Å². The van der Waals surface area contributed by atoms with Gasteiger partial charge in [0.25, 0.3) is 0 Å². The van der Waals surface area contributed by atoms with Crippen LogP contribution in [0.3, 0.4) is 0 Å². The van der Waals surface area contributed by atoms with Crippen LogP contribution in [0.4, 0.5) is 5.69 Å². The van der Waals surface area contributed by atoms with Gasteiger partial charge in [-0.1, -0.05) is 13.0 Å². The molecule has 4 nitrogen and oxygen atoms in total. The second kappa shape index (κ2) is 6.27. The number of carboxylic acids is 1. The minimum atomic E-state index is -1.02. The van der Waals surface area contributed by atoms with Crippen molar-refractivity contribution >= 4 is 23.4 Å². The van der Waals surface area contributed by atoms with E-state index in [1.54, 1.807) is 23.9 Å². The van der Waals surface area contributed by atoms with Crippen LogP contribution in [-0.4, -0.2) is 29.2 Å². The topological polar surface area (TPSA) is 72.5 Å². The number of benzene rings is 1. The molecule has 3 N–H and O–H groups in total. The molecule has 0 aliphatic rings. The standard InChI is InChI=1S/C11H15NO3S/c1-2-16-7-6-15-10-8(11(13)14)4-3-5-9(10)12/h3-5H,2,6-7,12H2,1H3,(H,13,14). The van der Waals surface area contributed by atoms with Gasteiger partial charge < -0.3 is 15.6 Å². The van der Waals surface area contributed by atoms with E-state index in [1.807, 2.05) is 0 Å². The minimum Gasteiger partial charge on any atom is -0.490 e. The van der Waals surface area contributed by atoms with Crippen LogP contribution >= 0.6 is 11.8 Å². The van der Waals surface area contributed by atoms with Gasteiger partial charge in [-0.2, -0.15) is 11.8 Å². The Kier molecular flexibility index (Phi) is 4.98. The first kappa shape index (κ1) is 12.7. The van der Waals surface area contributed by atoms with E-state index < -0.39 is 5.97 Å². The quantitative estimate of drug-likeness (QED) is 0.589. The van der Waals surface area contributed by atoms with Gasteiger partial charge in [0.05, 0.1) is 12.3 Å². The highest BCUT2D eigenvalue weighted by Gasteiger charge is 2.13. The van der Waals surface area contributed by atoms with Crippen LogP contribution in [0.5, 0.6) is 5.75 Å². The summed E-state index contributed by atoms with van der Waals surface area (Å²) < 4.78 is 5.40. The van der Waals surface area contributed by atoms with Crippen molar-refractivity contribution in [1.29, 1.82) is 0 Å². The molecule has 0 amide bonds. The Morgan fingerprint density at radius 2 is 2.31 bits per heavy atom. The number of nitrogen functional groups attached to an aromatic ring is 1. The summed E-state index contributed by atoms with van der Waals surface area (Å²) in [5.41, 5.74) is 6.15. The van der Waals surface area contributed by atoms with Gasteiger partial charge >= 0.3 is 5.97 Å². The third kappa shape index (κ3) is 3.34. The van der Waals surface area contributed by atoms with Gasteiger partial charge in [0.15, 0.2) is 5.75 Å². The first-order valence-corrected chi connectivity index (χ1v) is 6.14. The maximum Gasteiger partial charge on any atom is 0.339 e. The molecule has 0 atom stereocenters. The van der Waals surface area contributed by atoms with E-state index in [2.05, 4.69) is 6.92 Å². The average Bonchev–Trinajstić information content (AvgIpc) is 2.25. The second-order valence-corrected chi connectivity index (χ2v) is 4.47. The molecule has 88 valence electrons. The molecule has 0 aromatic heterocycles. The largest absolute Gasteiger partial charge is 0.490 e. The smallest absolute Gasteiger partial charge is 0.339 e. The molecule has 1 aromatic carbocycles. The number of carboxylic acid groups (broad SMARTS) is 1. The molecular formula is C11H15NO3S. The molecule has 0 saturated carbocycles. The molecule has 0 unspecified atom stereocenters. The lowest BCUT2D eigenvalue weighted by Gasteiger charge is -2.11. The Labute approximate surface area is 98.8 Å². The van der Waals surface area contributed by atoms with E-state index in [9.17, 15) is 4.79 Å². The molecule has 0 aliphatic heterocycles. The van der Waals surface area contributed by atoms with Crippen LogP contribution in [0.25, 0.3) is 0 Å². The van der Waals surface area contributed by atoms with Crippen molar-refractivity contribution in [3.8, 4) is 5.75 Å². The molecule has 1 aromatic rings. The second-order valence-electron chi connectivity index (χ2n) is 3.07. The number of aromatic carboxylic acids is 1. The number of hydrogen-bond donors (Lipinski definition) is 2. The monoisotopic (exact) mass is 241 g/mol. The van der Waals surface area contributed by atoms with Crippen molar-refractivity contribution in [1.82, 2.24) is 0 Å². The first-order chi connectivity index (χ1) is 7.66. The molecule has 5 heteroatoms. The van der Waals surface area contributed by atoms with Crippen LogP contribution in [0.2, 0.25) is 0 Å². The van der Waals surface area contributed by atoms with E-state index in [4.69, 9.17) is 15.6 Å². The highest BCUT2D eigenvalue weighted by atomic mass is 32.2. The van der Waals surface area contributed by atoms with E-state index >= 15 is 0 Å². The summed E-state index contributed by atoms with van der Waals surface area (Å²) in [6.07, 6.45) is 0. The van der Waals surface area contributed by atoms with Crippen molar-refractivity contribution in [2.75, 3.05) is 23.8 Å². The average molecular weight is 241 g/mol. The summed E-state index contributed by atoms with van der Waals surface area (Å²) in [6.45, 7) is 2.53. The van der Waals surface area contributed by atoms with Gasteiger partial charge in [-0.05, 0) is 17.9 Å². The lowest BCUT2D eigenvalue weighted by atomic mass is 10.2. The predicted octanol–water partition coefficient (Wildman–Crippen LogP) is 2.10. The molecule has 0 bridgehead atoms. The molecule has 0 saturated heterocycles. The number of ether oxygens (including phenoxy) is 1. The van der Waals surface area contributed by atoms with Gasteiger partial charge in [0.1, 0.15) is 5.56 Å². The van der Waals surface area contributed by atoms with Crippen LogP contribution in [0.1, 0.15) is 17.3 Å². The maximum atomic E-state index is 10.9. The fourth-order valence-electron chi connectivity index (χ4n) is 1.23. The normalized spacial score (nSPS) is 10.1. The lowest BCUT2D eigenvalue weighted by Crippen LogP contribution is -2.08. The van der Waals surface area contributed by atoms with Crippen LogP contribution in [-0.2, 0) is 0 Å². The highest BCUT2D eigenvalue weighted by molar-refractivity contribution is 7.99. The van der Waals surface area contributed by atoms with Crippen molar-refractivity contribution in [2.24, 2.45) is 0 Å². The zero-order valence-electron chi connectivity index (χ0n) is 9.10. The van der Waals surface area contributed by atoms with Gasteiger partial charge in [-0.3, -0.25) is 0 Å². The van der Waals surface area contributed by atoms with E-state index in [0.29, 0.717) is 12.3 Å². The SMILES string of the molecule is CCSCCOc1c(N)cccc1C(=O)O. The third-order valence-electron chi connectivity index (χ3n) is 1.95. The van der Waals surface area contributed by atoms with E-state index in [1.165, 1.54) is 6.07 Å². The number of hydrogen-bond acceptors (Lipinski definition) is 4. The Morgan fingerprint density at radius 1 is 1.56 bits per heavy atom. The fraction of sp³-hybridized carbons (Fsp3) is 0.364. The predicted molar refractivity (Wildman–Crippen MR) is 66.3 cm³/mol. The fourth-order valence-corrected chi connectivity index (χ4v) is 1.72. The molecule has 0 fully saturated rings. The third-order valence-corrected chi connectivity index (χ3v) is 2.82. The summed E-state index contributed by atoms with van der Waals surface area (Å²) in [7, 11) is 0.